The fourth-order valence-corrected chi connectivity index (χ4v) is 2.05. The number of rotatable bonds is 5. The molecule has 0 saturated heterocycles. The standard InChI is InChI=1S/C12H14BrFN2O/c13-9-3-8(4-10(14)5-9)6-15-7-12(17)16-11-1-2-11/h3-5,11,15H,1-2,6-7H2,(H,16,17). The van der Waals surface area contributed by atoms with Gasteiger partial charge in [0.05, 0.1) is 6.54 Å². The second-order valence-electron chi connectivity index (χ2n) is 4.22. The van der Waals surface area contributed by atoms with Crippen LogP contribution in [0.3, 0.4) is 0 Å². The zero-order chi connectivity index (χ0) is 12.3. The molecule has 1 amide bonds. The van der Waals surface area contributed by atoms with E-state index < -0.39 is 0 Å². The first kappa shape index (κ1) is 12.5. The molecule has 1 aromatic carbocycles. The maximum Gasteiger partial charge on any atom is 0.234 e. The molecule has 2 rings (SSSR count). The van der Waals surface area contributed by atoms with Crippen LogP contribution in [-0.4, -0.2) is 18.5 Å². The number of nitrogens with one attached hydrogen (secondary N) is 2. The third-order valence-electron chi connectivity index (χ3n) is 2.48. The first-order chi connectivity index (χ1) is 8.13. The minimum Gasteiger partial charge on any atom is -0.352 e. The van der Waals surface area contributed by atoms with Gasteiger partial charge in [0.1, 0.15) is 5.82 Å². The van der Waals surface area contributed by atoms with Crippen molar-refractivity contribution in [2.24, 2.45) is 0 Å². The molecule has 1 aromatic rings. The minimum atomic E-state index is -0.279. The molecule has 0 atom stereocenters. The summed E-state index contributed by atoms with van der Waals surface area (Å²) in [6, 6.07) is 5.07. The fourth-order valence-electron chi connectivity index (χ4n) is 1.54. The Morgan fingerprint density at radius 1 is 1.41 bits per heavy atom. The van der Waals surface area contributed by atoms with Crippen molar-refractivity contribution in [1.29, 1.82) is 0 Å². The van der Waals surface area contributed by atoms with Crippen LogP contribution in [0.2, 0.25) is 0 Å². The van der Waals surface area contributed by atoms with Crippen molar-refractivity contribution in [3.63, 3.8) is 0 Å². The molecule has 0 heterocycles. The van der Waals surface area contributed by atoms with Crippen molar-refractivity contribution >= 4 is 21.8 Å². The van der Waals surface area contributed by atoms with Crippen LogP contribution in [0.15, 0.2) is 22.7 Å². The van der Waals surface area contributed by atoms with E-state index in [1.165, 1.54) is 12.1 Å². The Morgan fingerprint density at radius 3 is 2.82 bits per heavy atom. The summed E-state index contributed by atoms with van der Waals surface area (Å²) >= 11 is 3.23. The summed E-state index contributed by atoms with van der Waals surface area (Å²) in [4.78, 5) is 11.4. The van der Waals surface area contributed by atoms with Crippen LogP contribution in [0.25, 0.3) is 0 Å². The summed E-state index contributed by atoms with van der Waals surface area (Å²) in [5, 5.41) is 5.87. The molecule has 1 aliphatic rings. The molecule has 3 nitrogen and oxygen atoms in total. The molecule has 2 N–H and O–H groups in total. The first-order valence-electron chi connectivity index (χ1n) is 5.58. The van der Waals surface area contributed by atoms with Crippen molar-refractivity contribution < 1.29 is 9.18 Å². The van der Waals surface area contributed by atoms with E-state index in [4.69, 9.17) is 0 Å². The number of hydrogen-bond donors (Lipinski definition) is 2. The van der Waals surface area contributed by atoms with Gasteiger partial charge in [-0.3, -0.25) is 4.79 Å². The number of hydrogen-bond acceptors (Lipinski definition) is 2. The average molecular weight is 301 g/mol. The highest BCUT2D eigenvalue weighted by atomic mass is 79.9. The van der Waals surface area contributed by atoms with Gasteiger partial charge >= 0.3 is 0 Å². The summed E-state index contributed by atoms with van der Waals surface area (Å²) in [6.45, 7) is 0.749. The minimum absolute atomic E-state index is 0.00275. The topological polar surface area (TPSA) is 41.1 Å². The molecule has 0 aliphatic heterocycles. The van der Waals surface area contributed by atoms with Gasteiger partial charge in [-0.2, -0.15) is 0 Å². The van der Waals surface area contributed by atoms with Crippen LogP contribution in [-0.2, 0) is 11.3 Å². The number of halogens is 2. The summed E-state index contributed by atoms with van der Waals surface area (Å²) in [7, 11) is 0. The van der Waals surface area contributed by atoms with E-state index in [1.54, 1.807) is 0 Å². The normalized spacial score (nSPS) is 14.7. The van der Waals surface area contributed by atoms with E-state index in [2.05, 4.69) is 26.6 Å². The average Bonchev–Trinajstić information content (AvgIpc) is 3.00. The smallest absolute Gasteiger partial charge is 0.234 e. The number of carbonyl (C=O) groups is 1. The van der Waals surface area contributed by atoms with Gasteiger partial charge in [-0.25, -0.2) is 4.39 Å². The van der Waals surface area contributed by atoms with Crippen molar-refractivity contribution in [1.82, 2.24) is 10.6 Å². The quantitative estimate of drug-likeness (QED) is 0.873. The predicted molar refractivity (Wildman–Crippen MR) is 67.0 cm³/mol. The van der Waals surface area contributed by atoms with E-state index in [9.17, 15) is 9.18 Å². The second-order valence-corrected chi connectivity index (χ2v) is 5.14. The van der Waals surface area contributed by atoms with E-state index >= 15 is 0 Å². The molecular weight excluding hydrogens is 287 g/mol. The molecule has 0 bridgehead atoms. The summed E-state index contributed by atoms with van der Waals surface area (Å²) in [5.74, 6) is -0.276. The van der Waals surface area contributed by atoms with Gasteiger partial charge in [-0.05, 0) is 36.6 Å². The molecule has 0 radical (unpaired) electrons. The number of amides is 1. The molecule has 1 aliphatic carbocycles. The highest BCUT2D eigenvalue weighted by Crippen LogP contribution is 2.18. The van der Waals surface area contributed by atoms with E-state index in [1.807, 2.05) is 6.07 Å². The van der Waals surface area contributed by atoms with Crippen molar-refractivity contribution in [2.75, 3.05) is 6.54 Å². The van der Waals surface area contributed by atoms with Gasteiger partial charge < -0.3 is 10.6 Å². The second kappa shape index (κ2) is 5.60. The van der Waals surface area contributed by atoms with Gasteiger partial charge in [-0.1, -0.05) is 15.9 Å². The third-order valence-corrected chi connectivity index (χ3v) is 2.94. The Morgan fingerprint density at radius 2 is 2.18 bits per heavy atom. The zero-order valence-electron chi connectivity index (χ0n) is 9.30. The van der Waals surface area contributed by atoms with E-state index in [0.29, 0.717) is 17.1 Å². The molecule has 1 saturated carbocycles. The summed E-state index contributed by atoms with van der Waals surface area (Å²) < 4.78 is 13.8. The predicted octanol–water partition coefficient (Wildman–Crippen LogP) is 1.96. The molecule has 1 fully saturated rings. The van der Waals surface area contributed by atoms with Crippen molar-refractivity contribution in [2.45, 2.75) is 25.4 Å². The van der Waals surface area contributed by atoms with Gasteiger partial charge in [0, 0.05) is 17.1 Å². The summed E-state index contributed by atoms with van der Waals surface area (Å²) in [6.07, 6.45) is 2.17. The van der Waals surface area contributed by atoms with Gasteiger partial charge in [0.2, 0.25) is 5.91 Å². The molecule has 92 valence electrons. The van der Waals surface area contributed by atoms with Crippen LogP contribution in [0.5, 0.6) is 0 Å². The van der Waals surface area contributed by atoms with Crippen molar-refractivity contribution in [3.8, 4) is 0 Å². The largest absolute Gasteiger partial charge is 0.352 e. The van der Waals surface area contributed by atoms with Crippen LogP contribution in [0.4, 0.5) is 4.39 Å². The first-order valence-corrected chi connectivity index (χ1v) is 6.38. The van der Waals surface area contributed by atoms with E-state index in [-0.39, 0.29) is 18.3 Å². The van der Waals surface area contributed by atoms with Crippen LogP contribution < -0.4 is 10.6 Å². The Hall–Kier alpha value is -0.940. The Balaban J connectivity index is 1.74. The Labute approximate surface area is 108 Å². The zero-order valence-corrected chi connectivity index (χ0v) is 10.9. The van der Waals surface area contributed by atoms with E-state index in [0.717, 1.165) is 18.4 Å². The SMILES string of the molecule is O=C(CNCc1cc(F)cc(Br)c1)NC1CC1. The Kier molecular flexibility index (Phi) is 4.12. The van der Waals surface area contributed by atoms with Crippen LogP contribution in [0, 0.1) is 5.82 Å². The number of carbonyl (C=O) groups excluding carboxylic acids is 1. The fraction of sp³-hybridized carbons (Fsp3) is 0.417. The molecule has 0 aromatic heterocycles. The third kappa shape index (κ3) is 4.44. The lowest BCUT2D eigenvalue weighted by Gasteiger charge is -2.06. The summed E-state index contributed by atoms with van der Waals surface area (Å²) in [5.41, 5.74) is 0.816. The lowest BCUT2D eigenvalue weighted by molar-refractivity contribution is -0.120. The Bertz CT molecular complexity index is 401. The van der Waals surface area contributed by atoms with Crippen LogP contribution >= 0.6 is 15.9 Å². The maximum absolute atomic E-state index is 13.1. The lowest BCUT2D eigenvalue weighted by Crippen LogP contribution is -2.34. The molecule has 0 spiro atoms. The molecule has 17 heavy (non-hydrogen) atoms. The van der Waals surface area contributed by atoms with Gasteiger partial charge in [0.15, 0.2) is 0 Å². The monoisotopic (exact) mass is 300 g/mol. The molecular formula is C12H14BrFN2O. The van der Waals surface area contributed by atoms with Crippen molar-refractivity contribution in [3.05, 3.63) is 34.1 Å². The van der Waals surface area contributed by atoms with Gasteiger partial charge in [0.25, 0.3) is 0 Å². The van der Waals surface area contributed by atoms with Gasteiger partial charge in [-0.15, -0.1) is 0 Å². The highest BCUT2D eigenvalue weighted by molar-refractivity contribution is 9.10. The highest BCUT2D eigenvalue weighted by Gasteiger charge is 2.22. The lowest BCUT2D eigenvalue weighted by atomic mass is 10.2. The number of benzene rings is 1. The maximum atomic E-state index is 13.1. The van der Waals surface area contributed by atoms with Crippen LogP contribution in [0.1, 0.15) is 18.4 Å². The molecule has 0 unspecified atom stereocenters. The molecule has 5 heteroatoms.